The summed E-state index contributed by atoms with van der Waals surface area (Å²) in [7, 11) is 1.58. The molecule has 0 aromatic heterocycles. The number of ether oxygens (including phenoxy) is 1. The fourth-order valence-electron chi connectivity index (χ4n) is 3.27. The molecule has 5 nitrogen and oxygen atoms in total. The zero-order valence-electron chi connectivity index (χ0n) is 15.9. The van der Waals surface area contributed by atoms with Crippen molar-refractivity contribution in [3.05, 3.63) is 70.8 Å². The second-order valence-corrected chi connectivity index (χ2v) is 6.80. The average Bonchev–Trinajstić information content (AvgIpc) is 2.73. The van der Waals surface area contributed by atoms with E-state index in [1.807, 2.05) is 6.07 Å². The Kier molecular flexibility index (Phi) is 6.22. The van der Waals surface area contributed by atoms with Crippen molar-refractivity contribution in [3.8, 4) is 0 Å². The first-order valence-electron chi connectivity index (χ1n) is 9.13. The summed E-state index contributed by atoms with van der Waals surface area (Å²) >= 11 is 0. The topological polar surface area (TPSA) is 49.9 Å². The van der Waals surface area contributed by atoms with Crippen LogP contribution in [-0.4, -0.2) is 54.9 Å². The second kappa shape index (κ2) is 8.65. The Bertz CT molecular complexity index is 891. The Balaban J connectivity index is 1.64. The van der Waals surface area contributed by atoms with E-state index in [4.69, 9.17) is 4.74 Å². The monoisotopic (exact) mass is 406 g/mol. The number of hydrogen-bond donors (Lipinski definition) is 0. The quantitative estimate of drug-likeness (QED) is 0.782. The van der Waals surface area contributed by atoms with Gasteiger partial charge in [0.15, 0.2) is 0 Å². The van der Waals surface area contributed by atoms with Gasteiger partial charge < -0.3 is 14.5 Å². The van der Waals surface area contributed by atoms with Crippen LogP contribution >= 0.6 is 0 Å². The van der Waals surface area contributed by atoms with E-state index in [9.17, 15) is 22.8 Å². The fraction of sp³-hybridized carbons (Fsp3) is 0.333. The van der Waals surface area contributed by atoms with E-state index < -0.39 is 17.6 Å². The molecule has 2 aromatic rings. The van der Waals surface area contributed by atoms with E-state index in [-0.39, 0.29) is 24.6 Å². The lowest BCUT2D eigenvalue weighted by Crippen LogP contribution is -2.50. The van der Waals surface area contributed by atoms with Crippen LogP contribution in [0.4, 0.5) is 13.2 Å². The molecule has 1 saturated heterocycles. The standard InChI is InChI=1S/C21H21F3N2O3/c1-29-14-15-4-2-5-16(12-15)19(27)25-8-10-26(11-9-25)20(28)17-6-3-7-18(13-17)21(22,23)24/h2-7,12-13H,8-11,14H2,1H3. The van der Waals surface area contributed by atoms with Gasteiger partial charge in [-0.25, -0.2) is 0 Å². The van der Waals surface area contributed by atoms with Gasteiger partial charge in [0.2, 0.25) is 0 Å². The molecule has 0 saturated carbocycles. The van der Waals surface area contributed by atoms with E-state index in [0.29, 0.717) is 25.3 Å². The van der Waals surface area contributed by atoms with E-state index in [1.54, 1.807) is 30.2 Å². The number of carbonyl (C=O) groups is 2. The van der Waals surface area contributed by atoms with Gasteiger partial charge in [0.05, 0.1) is 12.2 Å². The van der Waals surface area contributed by atoms with Gasteiger partial charge in [-0.1, -0.05) is 18.2 Å². The predicted octanol–water partition coefficient (Wildman–Crippen LogP) is 3.45. The molecule has 2 amide bonds. The minimum Gasteiger partial charge on any atom is -0.380 e. The number of nitrogens with zero attached hydrogens (tertiary/aromatic N) is 2. The fourth-order valence-corrected chi connectivity index (χ4v) is 3.27. The summed E-state index contributed by atoms with van der Waals surface area (Å²) in [6.07, 6.45) is -4.50. The molecule has 0 aliphatic carbocycles. The zero-order valence-corrected chi connectivity index (χ0v) is 15.9. The Hall–Kier alpha value is -2.87. The van der Waals surface area contributed by atoms with Gasteiger partial charge >= 0.3 is 6.18 Å². The molecule has 0 N–H and O–H groups in total. The number of alkyl halides is 3. The maximum Gasteiger partial charge on any atom is 0.416 e. The SMILES string of the molecule is COCc1cccc(C(=O)N2CCN(C(=O)c3cccc(C(F)(F)F)c3)CC2)c1. The molecule has 0 unspecified atom stereocenters. The van der Waals surface area contributed by atoms with Crippen molar-refractivity contribution < 1.29 is 27.5 Å². The molecule has 0 bridgehead atoms. The van der Waals surface area contributed by atoms with Crippen molar-refractivity contribution in [2.45, 2.75) is 12.8 Å². The van der Waals surface area contributed by atoms with Crippen LogP contribution in [0.25, 0.3) is 0 Å². The highest BCUT2D eigenvalue weighted by Gasteiger charge is 2.32. The van der Waals surface area contributed by atoms with Crippen molar-refractivity contribution in [1.29, 1.82) is 0 Å². The average molecular weight is 406 g/mol. The number of piperazine rings is 1. The summed E-state index contributed by atoms with van der Waals surface area (Å²) in [5.41, 5.74) is 0.564. The molecule has 0 atom stereocenters. The molecular weight excluding hydrogens is 385 g/mol. The first kappa shape index (κ1) is 20.9. The van der Waals surface area contributed by atoms with Gasteiger partial charge in [0.1, 0.15) is 0 Å². The van der Waals surface area contributed by atoms with Crippen molar-refractivity contribution >= 4 is 11.8 Å². The van der Waals surface area contributed by atoms with Gasteiger partial charge in [-0.3, -0.25) is 9.59 Å². The third-order valence-electron chi connectivity index (χ3n) is 4.78. The molecule has 8 heteroatoms. The summed E-state index contributed by atoms with van der Waals surface area (Å²) < 4.78 is 43.7. The van der Waals surface area contributed by atoms with Gasteiger partial charge in [0, 0.05) is 44.4 Å². The normalized spacial score (nSPS) is 14.8. The molecule has 3 rings (SSSR count). The van der Waals surface area contributed by atoms with Crippen molar-refractivity contribution in [1.82, 2.24) is 9.80 Å². The lowest BCUT2D eigenvalue weighted by atomic mass is 10.1. The van der Waals surface area contributed by atoms with Crippen LogP contribution in [0.3, 0.4) is 0 Å². The highest BCUT2D eigenvalue weighted by molar-refractivity contribution is 5.96. The van der Waals surface area contributed by atoms with Crippen molar-refractivity contribution in [2.24, 2.45) is 0 Å². The van der Waals surface area contributed by atoms with Crippen LogP contribution in [0.5, 0.6) is 0 Å². The molecule has 154 valence electrons. The molecule has 2 aromatic carbocycles. The number of halogens is 3. The summed E-state index contributed by atoms with van der Waals surface area (Å²) in [5, 5.41) is 0. The summed E-state index contributed by atoms with van der Waals surface area (Å²) in [6.45, 7) is 1.56. The molecular formula is C21H21F3N2O3. The predicted molar refractivity (Wildman–Crippen MR) is 100 cm³/mol. The van der Waals surface area contributed by atoms with Crippen molar-refractivity contribution in [2.75, 3.05) is 33.3 Å². The second-order valence-electron chi connectivity index (χ2n) is 6.80. The number of methoxy groups -OCH3 is 1. The maximum atomic E-state index is 12.9. The number of rotatable bonds is 4. The van der Waals surface area contributed by atoms with Crippen LogP contribution in [0.2, 0.25) is 0 Å². The minimum atomic E-state index is -4.50. The largest absolute Gasteiger partial charge is 0.416 e. The van der Waals surface area contributed by atoms with E-state index in [0.717, 1.165) is 17.7 Å². The third kappa shape index (κ3) is 4.95. The van der Waals surface area contributed by atoms with Crippen LogP contribution in [-0.2, 0) is 17.5 Å². The lowest BCUT2D eigenvalue weighted by molar-refractivity contribution is -0.137. The van der Waals surface area contributed by atoms with Crippen LogP contribution < -0.4 is 0 Å². The minimum absolute atomic E-state index is 0.00753. The number of carbonyl (C=O) groups excluding carboxylic acids is 2. The van der Waals surface area contributed by atoms with Crippen molar-refractivity contribution in [3.63, 3.8) is 0 Å². The van der Waals surface area contributed by atoms with Crippen LogP contribution in [0, 0.1) is 0 Å². The molecule has 1 aliphatic heterocycles. The molecule has 29 heavy (non-hydrogen) atoms. The van der Waals surface area contributed by atoms with Gasteiger partial charge in [0.25, 0.3) is 11.8 Å². The number of benzene rings is 2. The molecule has 1 fully saturated rings. The van der Waals surface area contributed by atoms with Crippen LogP contribution in [0.1, 0.15) is 31.8 Å². The van der Waals surface area contributed by atoms with E-state index in [1.165, 1.54) is 17.0 Å². The first-order valence-corrected chi connectivity index (χ1v) is 9.13. The summed E-state index contributed by atoms with van der Waals surface area (Å²) in [4.78, 5) is 28.4. The van der Waals surface area contributed by atoms with Crippen LogP contribution in [0.15, 0.2) is 48.5 Å². The molecule has 1 heterocycles. The smallest absolute Gasteiger partial charge is 0.380 e. The number of amides is 2. The Morgan fingerprint density at radius 1 is 0.897 bits per heavy atom. The van der Waals surface area contributed by atoms with Gasteiger partial charge in [-0.15, -0.1) is 0 Å². The number of hydrogen-bond acceptors (Lipinski definition) is 3. The molecule has 0 spiro atoms. The summed E-state index contributed by atoms with van der Waals surface area (Å²) in [5.74, 6) is -0.612. The highest BCUT2D eigenvalue weighted by atomic mass is 19.4. The summed E-state index contributed by atoms with van der Waals surface area (Å²) in [6, 6.07) is 11.5. The Labute approximate surface area is 166 Å². The zero-order chi connectivity index (χ0) is 21.0. The lowest BCUT2D eigenvalue weighted by Gasteiger charge is -2.35. The third-order valence-corrected chi connectivity index (χ3v) is 4.78. The Morgan fingerprint density at radius 3 is 1.93 bits per heavy atom. The van der Waals surface area contributed by atoms with E-state index in [2.05, 4.69) is 0 Å². The molecule has 0 radical (unpaired) electrons. The van der Waals surface area contributed by atoms with E-state index >= 15 is 0 Å². The highest BCUT2D eigenvalue weighted by Crippen LogP contribution is 2.29. The molecule has 1 aliphatic rings. The first-order chi connectivity index (χ1) is 13.8. The maximum absolute atomic E-state index is 12.9. The Morgan fingerprint density at radius 2 is 1.41 bits per heavy atom. The van der Waals surface area contributed by atoms with Gasteiger partial charge in [-0.2, -0.15) is 13.2 Å². The van der Waals surface area contributed by atoms with Gasteiger partial charge in [-0.05, 0) is 35.9 Å².